The van der Waals surface area contributed by atoms with Crippen LogP contribution in [0.5, 0.6) is 0 Å². The summed E-state index contributed by atoms with van der Waals surface area (Å²) in [5.74, 6) is -0.235. The molecule has 3 aromatic rings. The van der Waals surface area contributed by atoms with Crippen LogP contribution in [0.3, 0.4) is 0 Å². The average molecular weight is 386 g/mol. The van der Waals surface area contributed by atoms with E-state index in [9.17, 15) is 9.59 Å². The van der Waals surface area contributed by atoms with E-state index in [0.29, 0.717) is 12.1 Å². The molecule has 0 radical (unpaired) electrons. The van der Waals surface area contributed by atoms with Crippen molar-refractivity contribution in [2.45, 2.75) is 26.0 Å². The van der Waals surface area contributed by atoms with Crippen molar-refractivity contribution < 1.29 is 14.3 Å². The number of nitrogens with zero attached hydrogens (tertiary/aromatic N) is 1. The van der Waals surface area contributed by atoms with Gasteiger partial charge in [-0.3, -0.25) is 9.69 Å². The molecule has 0 saturated carbocycles. The number of fused-ring (bicyclic) bond motifs is 1. The highest BCUT2D eigenvalue weighted by Crippen LogP contribution is 2.33. The van der Waals surface area contributed by atoms with E-state index in [1.54, 1.807) is 0 Å². The molecule has 29 heavy (non-hydrogen) atoms. The lowest BCUT2D eigenvalue weighted by atomic mass is 10.1. The van der Waals surface area contributed by atoms with Crippen LogP contribution in [0.1, 0.15) is 16.7 Å². The van der Waals surface area contributed by atoms with Crippen molar-refractivity contribution >= 4 is 23.4 Å². The Balaban J connectivity index is 1.53. The molecule has 0 aromatic heterocycles. The molecule has 2 amide bonds. The van der Waals surface area contributed by atoms with Crippen LogP contribution in [-0.2, 0) is 22.6 Å². The van der Waals surface area contributed by atoms with E-state index in [1.807, 2.05) is 85.8 Å². The van der Waals surface area contributed by atoms with Crippen LogP contribution >= 0.6 is 0 Å². The number of para-hydroxylation sites is 1. The summed E-state index contributed by atoms with van der Waals surface area (Å²) in [5, 5.41) is 2.92. The number of rotatable bonds is 4. The molecule has 4 rings (SSSR count). The van der Waals surface area contributed by atoms with Crippen molar-refractivity contribution in [3.05, 3.63) is 95.6 Å². The van der Waals surface area contributed by atoms with Crippen LogP contribution in [0.4, 0.5) is 16.2 Å². The van der Waals surface area contributed by atoms with Gasteiger partial charge in [0.2, 0.25) is 5.91 Å². The Kier molecular flexibility index (Phi) is 5.29. The molecule has 0 spiro atoms. The summed E-state index contributed by atoms with van der Waals surface area (Å²) in [6.45, 7) is 2.15. The van der Waals surface area contributed by atoms with Crippen LogP contribution in [0.2, 0.25) is 0 Å². The second-order valence-electron chi connectivity index (χ2n) is 7.11. The second kappa shape index (κ2) is 8.19. The Morgan fingerprint density at radius 1 is 0.966 bits per heavy atom. The Hall–Kier alpha value is -3.60. The standard InChI is InChI=1S/C24H22N2O3/c1-17-11-13-20(14-12-17)25-23(27)22-15-19-9-5-6-10-21(19)26(22)24(28)29-16-18-7-3-2-4-8-18/h2-14,22H,15-16H2,1H3,(H,25,27). The number of carbonyl (C=O) groups excluding carboxylic acids is 2. The summed E-state index contributed by atoms with van der Waals surface area (Å²) in [5.41, 5.74) is 4.38. The minimum Gasteiger partial charge on any atom is -0.444 e. The smallest absolute Gasteiger partial charge is 0.415 e. The molecule has 0 bridgehead atoms. The lowest BCUT2D eigenvalue weighted by molar-refractivity contribution is -0.117. The third-order valence-electron chi connectivity index (χ3n) is 5.00. The third-order valence-corrected chi connectivity index (χ3v) is 5.00. The molecule has 1 aliphatic heterocycles. The zero-order valence-electron chi connectivity index (χ0n) is 16.2. The third kappa shape index (κ3) is 4.14. The van der Waals surface area contributed by atoms with E-state index < -0.39 is 12.1 Å². The molecule has 0 aliphatic carbocycles. The highest BCUT2D eigenvalue weighted by atomic mass is 16.6. The van der Waals surface area contributed by atoms with Gasteiger partial charge in [-0.15, -0.1) is 0 Å². The molecule has 146 valence electrons. The van der Waals surface area contributed by atoms with Gasteiger partial charge in [-0.2, -0.15) is 0 Å². The molecule has 0 saturated heterocycles. The number of carbonyl (C=O) groups is 2. The van der Waals surface area contributed by atoms with Gasteiger partial charge in [0.15, 0.2) is 0 Å². The quantitative estimate of drug-likeness (QED) is 0.707. The predicted molar refractivity (Wildman–Crippen MR) is 113 cm³/mol. The number of hydrogen-bond acceptors (Lipinski definition) is 3. The highest BCUT2D eigenvalue weighted by molar-refractivity contribution is 6.05. The molecule has 1 atom stereocenters. The van der Waals surface area contributed by atoms with Gasteiger partial charge >= 0.3 is 6.09 Å². The number of benzene rings is 3. The van der Waals surface area contributed by atoms with E-state index in [-0.39, 0.29) is 12.5 Å². The van der Waals surface area contributed by atoms with Gasteiger partial charge in [-0.05, 0) is 36.2 Å². The zero-order chi connectivity index (χ0) is 20.2. The number of hydrogen-bond donors (Lipinski definition) is 1. The fourth-order valence-electron chi connectivity index (χ4n) is 3.47. The van der Waals surface area contributed by atoms with Crippen molar-refractivity contribution in [1.82, 2.24) is 0 Å². The number of nitrogens with one attached hydrogen (secondary N) is 1. The van der Waals surface area contributed by atoms with E-state index in [0.717, 1.165) is 22.4 Å². The first-order valence-electron chi connectivity index (χ1n) is 9.57. The van der Waals surface area contributed by atoms with Crippen molar-refractivity contribution in [1.29, 1.82) is 0 Å². The first-order valence-corrected chi connectivity index (χ1v) is 9.57. The topological polar surface area (TPSA) is 58.6 Å². The van der Waals surface area contributed by atoms with Crippen molar-refractivity contribution in [2.24, 2.45) is 0 Å². The predicted octanol–water partition coefficient (Wildman–Crippen LogP) is 4.70. The van der Waals surface area contributed by atoms with Gasteiger partial charge in [0.25, 0.3) is 0 Å². The fraction of sp³-hybridized carbons (Fsp3) is 0.167. The maximum atomic E-state index is 13.0. The molecule has 1 heterocycles. The molecule has 5 nitrogen and oxygen atoms in total. The molecule has 1 unspecified atom stereocenters. The van der Waals surface area contributed by atoms with E-state index in [2.05, 4.69) is 5.32 Å². The van der Waals surface area contributed by atoms with E-state index >= 15 is 0 Å². The lowest BCUT2D eigenvalue weighted by Gasteiger charge is -2.24. The highest BCUT2D eigenvalue weighted by Gasteiger charge is 2.39. The van der Waals surface area contributed by atoms with Crippen LogP contribution in [0, 0.1) is 6.92 Å². The SMILES string of the molecule is Cc1ccc(NC(=O)C2Cc3ccccc3N2C(=O)OCc2ccccc2)cc1. The summed E-state index contributed by atoms with van der Waals surface area (Å²) in [6, 6.07) is 24.0. The van der Waals surface area contributed by atoms with Gasteiger partial charge in [-0.25, -0.2) is 4.79 Å². The Morgan fingerprint density at radius 3 is 2.41 bits per heavy atom. The molecule has 5 heteroatoms. The first kappa shape index (κ1) is 18.7. The van der Waals surface area contributed by atoms with Crippen LogP contribution < -0.4 is 10.2 Å². The molecule has 1 aliphatic rings. The van der Waals surface area contributed by atoms with Gasteiger partial charge in [0.05, 0.1) is 5.69 Å². The summed E-state index contributed by atoms with van der Waals surface area (Å²) in [6.07, 6.45) is -0.0724. The normalized spacial score (nSPS) is 14.9. The number of aryl methyl sites for hydroxylation is 1. The maximum Gasteiger partial charge on any atom is 0.415 e. The van der Waals surface area contributed by atoms with Gasteiger partial charge in [0, 0.05) is 12.1 Å². The summed E-state index contributed by atoms with van der Waals surface area (Å²) < 4.78 is 5.52. The molecular weight excluding hydrogens is 364 g/mol. The Morgan fingerprint density at radius 2 is 1.66 bits per heavy atom. The number of anilines is 2. The van der Waals surface area contributed by atoms with Gasteiger partial charge in [-0.1, -0.05) is 66.2 Å². The second-order valence-corrected chi connectivity index (χ2v) is 7.11. The minimum atomic E-state index is -0.656. The number of ether oxygens (including phenoxy) is 1. The van der Waals surface area contributed by atoms with Crippen molar-refractivity contribution in [2.75, 3.05) is 10.2 Å². The Labute approximate surface area is 169 Å². The van der Waals surface area contributed by atoms with Gasteiger partial charge < -0.3 is 10.1 Å². The minimum absolute atomic E-state index is 0.157. The van der Waals surface area contributed by atoms with Crippen molar-refractivity contribution in [3.8, 4) is 0 Å². The van der Waals surface area contributed by atoms with Crippen LogP contribution in [0.25, 0.3) is 0 Å². The molecular formula is C24H22N2O3. The summed E-state index contributed by atoms with van der Waals surface area (Å²) in [7, 11) is 0. The Bertz CT molecular complexity index is 1020. The van der Waals surface area contributed by atoms with Crippen LogP contribution in [0.15, 0.2) is 78.9 Å². The molecule has 1 N–H and O–H groups in total. The largest absolute Gasteiger partial charge is 0.444 e. The first-order chi connectivity index (χ1) is 14.1. The lowest BCUT2D eigenvalue weighted by Crippen LogP contribution is -2.45. The fourth-order valence-corrected chi connectivity index (χ4v) is 3.47. The molecule has 3 aromatic carbocycles. The van der Waals surface area contributed by atoms with E-state index in [4.69, 9.17) is 4.74 Å². The van der Waals surface area contributed by atoms with E-state index in [1.165, 1.54) is 4.90 Å². The zero-order valence-corrected chi connectivity index (χ0v) is 16.2. The van der Waals surface area contributed by atoms with Crippen molar-refractivity contribution in [3.63, 3.8) is 0 Å². The molecule has 0 fully saturated rings. The average Bonchev–Trinajstić information content (AvgIpc) is 3.14. The maximum absolute atomic E-state index is 13.0. The summed E-state index contributed by atoms with van der Waals surface area (Å²) >= 11 is 0. The van der Waals surface area contributed by atoms with Gasteiger partial charge in [0.1, 0.15) is 12.6 Å². The monoisotopic (exact) mass is 386 g/mol. The number of amides is 2. The van der Waals surface area contributed by atoms with Crippen LogP contribution in [-0.4, -0.2) is 18.0 Å². The summed E-state index contributed by atoms with van der Waals surface area (Å²) in [4.78, 5) is 27.4.